The standard InChI is InChI=1S/C18H26ClN5O/c1-20-15(9-11-3-4-11)17(21-2)16-14(19)10-22-18(24-16)23-12-5-7-13(25)8-6-12/h10-13,20,25H,2-9H2,1H3,(H,22,23,24)/b17-15-. The number of aromatic nitrogens is 2. The summed E-state index contributed by atoms with van der Waals surface area (Å²) in [6, 6.07) is 0.275. The zero-order valence-electron chi connectivity index (χ0n) is 14.6. The van der Waals surface area contributed by atoms with Crippen LogP contribution in [0, 0.1) is 5.92 Å². The molecule has 0 spiro atoms. The molecule has 0 bridgehead atoms. The average Bonchev–Trinajstić information content (AvgIpc) is 3.43. The Bertz CT molecular complexity index is 651. The van der Waals surface area contributed by atoms with Gasteiger partial charge in [0, 0.05) is 18.8 Å². The largest absolute Gasteiger partial charge is 0.393 e. The van der Waals surface area contributed by atoms with E-state index in [4.69, 9.17) is 11.6 Å². The van der Waals surface area contributed by atoms with Crippen LogP contribution < -0.4 is 10.6 Å². The summed E-state index contributed by atoms with van der Waals surface area (Å²) in [6.45, 7) is 3.71. The van der Waals surface area contributed by atoms with Crippen LogP contribution in [-0.2, 0) is 0 Å². The van der Waals surface area contributed by atoms with Crippen LogP contribution in [0.2, 0.25) is 5.02 Å². The minimum Gasteiger partial charge on any atom is -0.393 e. The Hall–Kier alpha value is -1.66. The highest BCUT2D eigenvalue weighted by molar-refractivity contribution is 6.32. The van der Waals surface area contributed by atoms with Gasteiger partial charge in [-0.15, -0.1) is 0 Å². The number of hydrogen-bond donors (Lipinski definition) is 3. The molecule has 2 saturated carbocycles. The maximum Gasteiger partial charge on any atom is 0.223 e. The molecule has 7 heteroatoms. The van der Waals surface area contributed by atoms with Gasteiger partial charge in [0.25, 0.3) is 0 Å². The Morgan fingerprint density at radius 2 is 2.04 bits per heavy atom. The first-order valence-corrected chi connectivity index (χ1v) is 9.33. The first-order chi connectivity index (χ1) is 12.1. The van der Waals surface area contributed by atoms with Crippen molar-refractivity contribution in [1.82, 2.24) is 15.3 Å². The van der Waals surface area contributed by atoms with E-state index < -0.39 is 0 Å². The molecule has 0 aromatic carbocycles. The van der Waals surface area contributed by atoms with Gasteiger partial charge in [-0.2, -0.15) is 0 Å². The SMILES string of the molecule is C=N/C(=C(/CC1CC1)NC)c1nc(NC2CCC(O)CC2)ncc1Cl. The number of anilines is 1. The molecule has 0 amide bonds. The van der Waals surface area contributed by atoms with Gasteiger partial charge in [0.15, 0.2) is 0 Å². The van der Waals surface area contributed by atoms with E-state index in [0.29, 0.717) is 28.3 Å². The number of aliphatic hydroxyl groups excluding tert-OH is 1. The number of allylic oxidation sites excluding steroid dienone is 1. The van der Waals surface area contributed by atoms with Crippen LogP contribution in [0.15, 0.2) is 16.9 Å². The molecule has 6 nitrogen and oxygen atoms in total. The van der Waals surface area contributed by atoms with Gasteiger partial charge in [0.05, 0.1) is 17.3 Å². The van der Waals surface area contributed by atoms with Crippen LogP contribution in [0.5, 0.6) is 0 Å². The molecular weight excluding hydrogens is 338 g/mol. The van der Waals surface area contributed by atoms with Crippen LogP contribution in [0.1, 0.15) is 50.6 Å². The lowest BCUT2D eigenvalue weighted by atomic mass is 9.93. The highest BCUT2D eigenvalue weighted by atomic mass is 35.5. The normalized spacial score (nSPS) is 24.4. The van der Waals surface area contributed by atoms with Crippen molar-refractivity contribution in [2.75, 3.05) is 12.4 Å². The summed E-state index contributed by atoms with van der Waals surface area (Å²) in [5, 5.41) is 16.7. The third-order valence-electron chi connectivity index (χ3n) is 4.93. The first kappa shape index (κ1) is 18.1. The monoisotopic (exact) mass is 363 g/mol. The van der Waals surface area contributed by atoms with E-state index in [-0.39, 0.29) is 12.1 Å². The van der Waals surface area contributed by atoms with Gasteiger partial charge >= 0.3 is 0 Å². The van der Waals surface area contributed by atoms with E-state index in [2.05, 4.69) is 32.3 Å². The molecule has 0 aliphatic heterocycles. The topological polar surface area (TPSA) is 82.4 Å². The van der Waals surface area contributed by atoms with Crippen LogP contribution in [0.3, 0.4) is 0 Å². The molecule has 2 fully saturated rings. The summed E-state index contributed by atoms with van der Waals surface area (Å²) in [7, 11) is 1.89. The molecule has 0 unspecified atom stereocenters. The van der Waals surface area contributed by atoms with E-state index in [9.17, 15) is 5.11 Å². The molecule has 0 atom stereocenters. The molecule has 1 aromatic rings. The van der Waals surface area contributed by atoms with Crippen molar-refractivity contribution in [1.29, 1.82) is 0 Å². The second-order valence-electron chi connectivity index (χ2n) is 6.92. The number of hydrogen-bond acceptors (Lipinski definition) is 6. The number of aliphatic hydroxyl groups is 1. The summed E-state index contributed by atoms with van der Waals surface area (Å²) in [6.07, 6.45) is 8.32. The molecule has 25 heavy (non-hydrogen) atoms. The molecular formula is C18H26ClN5O. The van der Waals surface area contributed by atoms with Gasteiger partial charge in [-0.05, 0) is 57.6 Å². The summed E-state index contributed by atoms with van der Waals surface area (Å²) in [5.41, 5.74) is 2.32. The number of nitrogens with zero attached hydrogens (tertiary/aromatic N) is 3. The molecule has 1 aromatic heterocycles. The lowest BCUT2D eigenvalue weighted by Gasteiger charge is -2.26. The molecule has 2 aliphatic rings. The van der Waals surface area contributed by atoms with Crippen LogP contribution in [0.25, 0.3) is 5.70 Å². The lowest BCUT2D eigenvalue weighted by molar-refractivity contribution is 0.126. The average molecular weight is 364 g/mol. The van der Waals surface area contributed by atoms with Crippen LogP contribution >= 0.6 is 11.6 Å². The van der Waals surface area contributed by atoms with E-state index in [1.807, 2.05) is 7.05 Å². The highest BCUT2D eigenvalue weighted by Crippen LogP contribution is 2.37. The Labute approximate surface area is 153 Å². The van der Waals surface area contributed by atoms with Gasteiger partial charge < -0.3 is 15.7 Å². The molecule has 0 radical (unpaired) electrons. The predicted molar refractivity (Wildman–Crippen MR) is 102 cm³/mol. The van der Waals surface area contributed by atoms with Crippen LogP contribution in [-0.4, -0.2) is 41.0 Å². The Morgan fingerprint density at radius 3 is 2.64 bits per heavy atom. The minimum absolute atomic E-state index is 0.181. The van der Waals surface area contributed by atoms with Crippen molar-refractivity contribution in [2.24, 2.45) is 10.9 Å². The Morgan fingerprint density at radius 1 is 1.32 bits per heavy atom. The molecule has 3 N–H and O–H groups in total. The summed E-state index contributed by atoms with van der Waals surface area (Å²) < 4.78 is 0. The molecule has 0 saturated heterocycles. The second kappa shape index (κ2) is 8.15. The summed E-state index contributed by atoms with van der Waals surface area (Å²) in [4.78, 5) is 13.1. The van der Waals surface area contributed by atoms with E-state index in [1.165, 1.54) is 12.8 Å². The number of aliphatic imine (C=N–C) groups is 1. The van der Waals surface area contributed by atoms with Gasteiger partial charge in [-0.1, -0.05) is 11.6 Å². The lowest BCUT2D eigenvalue weighted by Crippen LogP contribution is -2.29. The zero-order valence-corrected chi connectivity index (χ0v) is 15.4. The number of halogens is 1. The number of nitrogens with one attached hydrogen (secondary N) is 2. The van der Waals surface area contributed by atoms with Gasteiger partial charge in [0.2, 0.25) is 5.95 Å². The van der Waals surface area contributed by atoms with Gasteiger partial charge in [-0.3, -0.25) is 4.99 Å². The summed E-state index contributed by atoms with van der Waals surface area (Å²) in [5.74, 6) is 1.26. The van der Waals surface area contributed by atoms with Crippen molar-refractivity contribution >= 4 is 30.0 Å². The summed E-state index contributed by atoms with van der Waals surface area (Å²) >= 11 is 6.35. The maximum atomic E-state index is 9.63. The van der Waals surface area contributed by atoms with Gasteiger partial charge in [-0.25, -0.2) is 9.97 Å². The van der Waals surface area contributed by atoms with Crippen molar-refractivity contribution in [3.63, 3.8) is 0 Å². The quantitative estimate of drug-likeness (QED) is 0.648. The number of rotatable bonds is 7. The van der Waals surface area contributed by atoms with E-state index in [1.54, 1.807) is 6.20 Å². The zero-order chi connectivity index (χ0) is 17.8. The predicted octanol–water partition coefficient (Wildman–Crippen LogP) is 3.23. The maximum absolute atomic E-state index is 9.63. The third kappa shape index (κ3) is 4.70. The fraction of sp³-hybridized carbons (Fsp3) is 0.611. The van der Waals surface area contributed by atoms with Crippen molar-refractivity contribution in [3.8, 4) is 0 Å². The molecule has 3 rings (SSSR count). The van der Waals surface area contributed by atoms with Crippen molar-refractivity contribution in [3.05, 3.63) is 22.6 Å². The Balaban J connectivity index is 1.82. The smallest absolute Gasteiger partial charge is 0.223 e. The van der Waals surface area contributed by atoms with Crippen LogP contribution in [0.4, 0.5) is 5.95 Å². The molecule has 2 aliphatic carbocycles. The van der Waals surface area contributed by atoms with E-state index in [0.717, 1.165) is 37.8 Å². The van der Waals surface area contributed by atoms with Crippen molar-refractivity contribution < 1.29 is 5.11 Å². The van der Waals surface area contributed by atoms with Gasteiger partial charge in [0.1, 0.15) is 11.4 Å². The fourth-order valence-electron chi connectivity index (χ4n) is 3.25. The minimum atomic E-state index is -0.181. The fourth-order valence-corrected chi connectivity index (χ4v) is 3.43. The third-order valence-corrected chi connectivity index (χ3v) is 5.21. The van der Waals surface area contributed by atoms with Crippen molar-refractivity contribution in [2.45, 2.75) is 57.1 Å². The molecule has 136 valence electrons. The highest BCUT2D eigenvalue weighted by Gasteiger charge is 2.25. The Kier molecular flexibility index (Phi) is 5.91. The first-order valence-electron chi connectivity index (χ1n) is 8.95. The second-order valence-corrected chi connectivity index (χ2v) is 7.33. The molecule has 1 heterocycles. The van der Waals surface area contributed by atoms with E-state index >= 15 is 0 Å².